The molecule has 9 nitrogen and oxygen atoms in total. The molecule has 0 aromatic rings. The Hall–Kier alpha value is -0.983. The zero-order valence-corrected chi connectivity index (χ0v) is 26.3. The first kappa shape index (κ1) is 34.0. The summed E-state index contributed by atoms with van der Waals surface area (Å²) in [4.78, 5) is 36.9. The van der Waals surface area contributed by atoms with Crippen LogP contribution in [0.2, 0.25) is 18.1 Å². The normalized spacial score (nSPS) is 21.1. The second-order valence-electron chi connectivity index (χ2n) is 12.6. The van der Waals surface area contributed by atoms with Crippen molar-refractivity contribution in [2.24, 2.45) is 5.41 Å². The average molecular weight is 563 g/mol. The number of rotatable bonds is 13. The lowest BCUT2D eigenvalue weighted by molar-refractivity contribution is -0.304. The number of carbonyl (C=O) groups excluding carboxylic acids is 3. The summed E-state index contributed by atoms with van der Waals surface area (Å²) in [5.74, 6) is -0.897. The van der Waals surface area contributed by atoms with Gasteiger partial charge in [-0.25, -0.2) is 0 Å². The number of nitrogens with one attached hydrogen (secondary N) is 2. The van der Waals surface area contributed by atoms with Crippen LogP contribution in [-0.2, 0) is 28.3 Å². The van der Waals surface area contributed by atoms with E-state index in [2.05, 4.69) is 44.5 Å². The summed E-state index contributed by atoms with van der Waals surface area (Å²) < 4.78 is 17.7. The van der Waals surface area contributed by atoms with Crippen molar-refractivity contribution in [1.29, 1.82) is 0 Å². The van der Waals surface area contributed by atoms with E-state index in [1.807, 2.05) is 20.8 Å². The first-order valence-corrected chi connectivity index (χ1v) is 17.0. The Morgan fingerprint density at radius 2 is 1.76 bits per heavy atom. The van der Waals surface area contributed by atoms with Crippen LogP contribution >= 0.6 is 11.8 Å². The predicted octanol–water partition coefficient (Wildman–Crippen LogP) is 3.60. The SMILES string of the molecule is C[C@@H](C[C@H](O)CC(=O)SCCNC(=O)CCNC(=O)[C@@H]1OC(C)(C)OCC1(C)C)O[Si](C)(C)C(C)(C)C. The van der Waals surface area contributed by atoms with Crippen molar-refractivity contribution < 1.29 is 33.4 Å². The van der Waals surface area contributed by atoms with Crippen molar-refractivity contribution in [3.63, 3.8) is 0 Å². The van der Waals surface area contributed by atoms with Crippen molar-refractivity contribution in [3.8, 4) is 0 Å². The van der Waals surface area contributed by atoms with Gasteiger partial charge in [-0.3, -0.25) is 14.4 Å². The number of aliphatic hydroxyl groups excluding tert-OH is 1. The van der Waals surface area contributed by atoms with Gasteiger partial charge < -0.3 is 29.6 Å². The number of hydrogen-bond donors (Lipinski definition) is 3. The average Bonchev–Trinajstić information content (AvgIpc) is 2.71. The Morgan fingerprint density at radius 3 is 2.35 bits per heavy atom. The molecular formula is C26H50N2O7SSi. The molecule has 37 heavy (non-hydrogen) atoms. The topological polar surface area (TPSA) is 123 Å². The largest absolute Gasteiger partial charge is 0.414 e. The van der Waals surface area contributed by atoms with Gasteiger partial charge in [0.1, 0.15) is 6.10 Å². The third kappa shape index (κ3) is 12.2. The van der Waals surface area contributed by atoms with E-state index in [9.17, 15) is 19.5 Å². The van der Waals surface area contributed by atoms with Crippen molar-refractivity contribution >= 4 is 37.0 Å². The van der Waals surface area contributed by atoms with Crippen LogP contribution in [0.1, 0.15) is 74.7 Å². The second kappa shape index (κ2) is 13.9. The van der Waals surface area contributed by atoms with E-state index in [1.165, 1.54) is 0 Å². The van der Waals surface area contributed by atoms with Gasteiger partial charge in [-0.2, -0.15) is 0 Å². The van der Waals surface area contributed by atoms with Crippen molar-refractivity contribution in [2.75, 3.05) is 25.4 Å². The summed E-state index contributed by atoms with van der Waals surface area (Å²) in [7, 11) is -1.92. The molecule has 1 rings (SSSR count). The maximum absolute atomic E-state index is 12.6. The van der Waals surface area contributed by atoms with E-state index in [0.717, 1.165) is 11.8 Å². The Kier molecular flexibility index (Phi) is 12.8. The minimum atomic E-state index is -1.92. The molecule has 1 saturated heterocycles. The number of aliphatic hydroxyl groups is 1. The van der Waals surface area contributed by atoms with Gasteiger partial charge in [0.25, 0.3) is 0 Å². The standard InChI is InChI=1S/C26H50N2O7SSi/c1-18(35-37(9,10)24(2,3)4)15-19(29)16-21(31)36-14-13-27-20(30)11-12-28-23(32)22-25(5,6)17-33-26(7,8)34-22/h18-19,22,29H,11-17H2,1-10H3,(H,27,30)(H,28,32)/t18-,19-,22-/m0/s1. The van der Waals surface area contributed by atoms with Gasteiger partial charge >= 0.3 is 0 Å². The van der Waals surface area contributed by atoms with Crippen LogP contribution < -0.4 is 10.6 Å². The maximum Gasteiger partial charge on any atom is 0.249 e. The third-order valence-corrected chi connectivity index (χ3v) is 12.3. The molecule has 216 valence electrons. The predicted molar refractivity (Wildman–Crippen MR) is 150 cm³/mol. The Balaban J connectivity index is 2.24. The fourth-order valence-corrected chi connectivity index (χ4v) is 5.80. The highest BCUT2D eigenvalue weighted by Crippen LogP contribution is 2.38. The van der Waals surface area contributed by atoms with Gasteiger partial charge in [0.15, 0.2) is 19.2 Å². The molecule has 0 aliphatic carbocycles. The van der Waals surface area contributed by atoms with Crippen LogP contribution in [0.3, 0.4) is 0 Å². The summed E-state index contributed by atoms with van der Waals surface area (Å²) in [6.45, 7) is 21.0. The van der Waals surface area contributed by atoms with Gasteiger partial charge in [0.05, 0.1) is 12.7 Å². The van der Waals surface area contributed by atoms with E-state index >= 15 is 0 Å². The quantitative estimate of drug-likeness (QED) is 0.230. The molecule has 1 aliphatic heterocycles. The number of carbonyl (C=O) groups is 3. The van der Waals surface area contributed by atoms with Crippen molar-refractivity contribution in [1.82, 2.24) is 10.6 Å². The zero-order valence-electron chi connectivity index (χ0n) is 24.5. The highest BCUT2D eigenvalue weighted by atomic mass is 32.2. The molecule has 0 radical (unpaired) electrons. The van der Waals surface area contributed by atoms with E-state index in [0.29, 0.717) is 25.3 Å². The van der Waals surface area contributed by atoms with Crippen molar-refractivity contribution in [2.45, 2.75) is 117 Å². The lowest BCUT2D eigenvalue weighted by Crippen LogP contribution is -2.56. The lowest BCUT2D eigenvalue weighted by atomic mass is 9.85. The third-order valence-electron chi connectivity index (χ3n) is 6.79. The molecule has 1 heterocycles. The van der Waals surface area contributed by atoms with Crippen LogP contribution in [0.5, 0.6) is 0 Å². The van der Waals surface area contributed by atoms with Crippen LogP contribution in [0.25, 0.3) is 0 Å². The monoisotopic (exact) mass is 562 g/mol. The molecule has 0 aromatic heterocycles. The van der Waals surface area contributed by atoms with Crippen LogP contribution in [0.4, 0.5) is 0 Å². The summed E-state index contributed by atoms with van der Waals surface area (Å²) in [6, 6.07) is 0. The van der Waals surface area contributed by atoms with Gasteiger partial charge in [-0.1, -0.05) is 46.4 Å². The molecular weight excluding hydrogens is 512 g/mol. The van der Waals surface area contributed by atoms with Crippen LogP contribution in [0, 0.1) is 5.41 Å². The zero-order chi connectivity index (χ0) is 28.7. The fourth-order valence-electron chi connectivity index (χ4n) is 3.60. The van der Waals surface area contributed by atoms with Crippen LogP contribution in [-0.4, -0.2) is 79.9 Å². The molecule has 1 fully saturated rings. The Bertz CT molecular complexity index is 783. The maximum atomic E-state index is 12.6. The highest BCUT2D eigenvalue weighted by Gasteiger charge is 2.45. The summed E-state index contributed by atoms with van der Waals surface area (Å²) in [6.07, 6.45) is -0.954. The molecule has 3 atom stereocenters. The van der Waals surface area contributed by atoms with Gasteiger partial charge in [-0.05, 0) is 45.3 Å². The molecule has 11 heteroatoms. The first-order chi connectivity index (χ1) is 16.8. The minimum Gasteiger partial charge on any atom is -0.414 e. The van der Waals surface area contributed by atoms with E-state index < -0.39 is 31.7 Å². The fraction of sp³-hybridized carbons (Fsp3) is 0.885. The number of thioether (sulfide) groups is 1. The Morgan fingerprint density at radius 1 is 1.14 bits per heavy atom. The molecule has 0 aromatic carbocycles. The van der Waals surface area contributed by atoms with Crippen molar-refractivity contribution in [3.05, 3.63) is 0 Å². The molecule has 1 aliphatic rings. The summed E-state index contributed by atoms with van der Waals surface area (Å²) in [5.41, 5.74) is -0.477. The second-order valence-corrected chi connectivity index (χ2v) is 18.5. The smallest absolute Gasteiger partial charge is 0.249 e. The van der Waals surface area contributed by atoms with Crippen LogP contribution in [0.15, 0.2) is 0 Å². The molecule has 0 bridgehead atoms. The number of hydrogen-bond acceptors (Lipinski definition) is 8. The molecule has 3 N–H and O–H groups in total. The molecule has 0 unspecified atom stereocenters. The van der Waals surface area contributed by atoms with E-state index in [1.54, 1.807) is 13.8 Å². The highest BCUT2D eigenvalue weighted by molar-refractivity contribution is 8.13. The summed E-state index contributed by atoms with van der Waals surface area (Å²) in [5, 5.41) is 15.8. The lowest BCUT2D eigenvalue weighted by Gasteiger charge is -2.44. The van der Waals surface area contributed by atoms with E-state index in [4.69, 9.17) is 13.9 Å². The van der Waals surface area contributed by atoms with Gasteiger partial charge in [0.2, 0.25) is 11.8 Å². The van der Waals surface area contributed by atoms with E-state index in [-0.39, 0.29) is 47.5 Å². The molecule has 2 amide bonds. The number of amides is 2. The first-order valence-electron chi connectivity index (χ1n) is 13.1. The minimum absolute atomic E-state index is 0.0529. The number of ether oxygens (including phenoxy) is 2. The molecule has 0 saturated carbocycles. The molecule has 0 spiro atoms. The Labute approximate surface area is 228 Å². The van der Waals surface area contributed by atoms with Gasteiger partial charge in [-0.15, -0.1) is 0 Å². The van der Waals surface area contributed by atoms with Gasteiger partial charge in [0, 0.05) is 43.2 Å². The summed E-state index contributed by atoms with van der Waals surface area (Å²) >= 11 is 1.09.